The van der Waals surface area contributed by atoms with Gasteiger partial charge in [0.1, 0.15) is 11.5 Å². The second-order valence-electron chi connectivity index (χ2n) is 7.30. The van der Waals surface area contributed by atoms with E-state index in [1.54, 1.807) is 7.11 Å². The lowest BCUT2D eigenvalue weighted by molar-refractivity contribution is 0.0936. The number of methoxy groups -OCH3 is 2. The highest BCUT2D eigenvalue weighted by molar-refractivity contribution is 7.89. The van der Waals surface area contributed by atoms with Crippen molar-refractivity contribution in [1.82, 2.24) is 9.62 Å². The van der Waals surface area contributed by atoms with Crippen molar-refractivity contribution in [3.8, 4) is 11.5 Å². The van der Waals surface area contributed by atoms with Crippen LogP contribution >= 0.6 is 0 Å². The third-order valence-corrected chi connectivity index (χ3v) is 7.23. The first-order valence-corrected chi connectivity index (χ1v) is 11.4. The number of hydrogen-bond donors (Lipinski definition) is 1. The van der Waals surface area contributed by atoms with Crippen LogP contribution in [0.2, 0.25) is 0 Å². The molecule has 162 valence electrons. The number of carbonyl (C=O) groups excluding carboxylic acids is 1. The number of carbonyl (C=O) groups is 1. The lowest BCUT2D eigenvalue weighted by atomic mass is 10.1. The molecule has 1 aliphatic rings. The lowest BCUT2D eigenvalue weighted by Gasteiger charge is -2.26. The summed E-state index contributed by atoms with van der Waals surface area (Å²) in [5.74, 6) is 0.660. The van der Waals surface area contributed by atoms with Crippen molar-refractivity contribution in [3.63, 3.8) is 0 Å². The Morgan fingerprint density at radius 2 is 1.67 bits per heavy atom. The number of hydrogen-bond acceptors (Lipinski definition) is 5. The minimum atomic E-state index is -3.65. The van der Waals surface area contributed by atoms with Gasteiger partial charge in [-0.1, -0.05) is 18.6 Å². The van der Waals surface area contributed by atoms with Crippen LogP contribution in [0.15, 0.2) is 47.4 Å². The van der Waals surface area contributed by atoms with E-state index in [4.69, 9.17) is 9.47 Å². The summed E-state index contributed by atoms with van der Waals surface area (Å²) in [6, 6.07) is 11.5. The van der Waals surface area contributed by atoms with Gasteiger partial charge in [-0.25, -0.2) is 8.42 Å². The number of amides is 1. The van der Waals surface area contributed by atoms with Crippen LogP contribution in [-0.4, -0.2) is 45.9 Å². The lowest BCUT2D eigenvalue weighted by Crippen LogP contribution is -2.35. The molecule has 3 rings (SSSR count). The van der Waals surface area contributed by atoms with Gasteiger partial charge in [0.15, 0.2) is 0 Å². The molecular weight excluding hydrogens is 404 g/mol. The van der Waals surface area contributed by atoms with Crippen molar-refractivity contribution >= 4 is 15.9 Å². The maximum Gasteiger partial charge on any atom is 0.255 e. The predicted molar refractivity (Wildman–Crippen MR) is 114 cm³/mol. The fourth-order valence-corrected chi connectivity index (χ4v) is 5.07. The first-order chi connectivity index (χ1) is 14.4. The van der Waals surface area contributed by atoms with Crippen LogP contribution in [-0.2, 0) is 10.0 Å². The Morgan fingerprint density at radius 3 is 2.27 bits per heavy atom. The molecule has 8 heteroatoms. The Bertz CT molecular complexity index is 983. The molecule has 0 aliphatic carbocycles. The van der Waals surface area contributed by atoms with Crippen molar-refractivity contribution < 1.29 is 22.7 Å². The molecule has 1 fully saturated rings. The second kappa shape index (κ2) is 9.49. The number of nitrogens with zero attached hydrogens (tertiary/aromatic N) is 1. The van der Waals surface area contributed by atoms with E-state index >= 15 is 0 Å². The summed E-state index contributed by atoms with van der Waals surface area (Å²) >= 11 is 0. The Morgan fingerprint density at radius 1 is 1.00 bits per heavy atom. The number of rotatable bonds is 7. The van der Waals surface area contributed by atoms with E-state index in [9.17, 15) is 13.2 Å². The molecular formula is C22H28N2O5S. The van der Waals surface area contributed by atoms with Gasteiger partial charge in [0.05, 0.1) is 30.7 Å². The molecule has 0 radical (unpaired) electrons. The normalized spacial score (nSPS) is 16.0. The minimum absolute atomic E-state index is 0.104. The van der Waals surface area contributed by atoms with E-state index in [0.717, 1.165) is 30.6 Å². The number of sulfonamides is 1. The highest BCUT2D eigenvalue weighted by atomic mass is 32.2. The topological polar surface area (TPSA) is 84.9 Å². The molecule has 30 heavy (non-hydrogen) atoms. The van der Waals surface area contributed by atoms with Crippen molar-refractivity contribution in [2.24, 2.45) is 0 Å². The smallest absolute Gasteiger partial charge is 0.255 e. The van der Waals surface area contributed by atoms with Crippen LogP contribution in [0.1, 0.15) is 48.1 Å². The van der Waals surface area contributed by atoms with Crippen LogP contribution in [0, 0.1) is 0 Å². The van der Waals surface area contributed by atoms with Gasteiger partial charge in [0, 0.05) is 13.1 Å². The zero-order valence-corrected chi connectivity index (χ0v) is 18.4. The molecule has 7 nitrogen and oxygen atoms in total. The van der Waals surface area contributed by atoms with Crippen LogP contribution in [0.5, 0.6) is 11.5 Å². The molecule has 0 saturated carbocycles. The largest absolute Gasteiger partial charge is 0.497 e. The fraction of sp³-hybridized carbons (Fsp3) is 0.409. The Hall–Kier alpha value is -2.58. The molecule has 0 spiro atoms. The van der Waals surface area contributed by atoms with E-state index in [2.05, 4.69) is 5.32 Å². The van der Waals surface area contributed by atoms with Crippen molar-refractivity contribution in [1.29, 1.82) is 0 Å². The van der Waals surface area contributed by atoms with Crippen LogP contribution in [0.4, 0.5) is 0 Å². The van der Waals surface area contributed by atoms with Crippen LogP contribution < -0.4 is 14.8 Å². The molecule has 1 heterocycles. The van der Waals surface area contributed by atoms with Crippen LogP contribution in [0.3, 0.4) is 0 Å². The maximum absolute atomic E-state index is 13.0. The van der Waals surface area contributed by atoms with Gasteiger partial charge < -0.3 is 14.8 Å². The fourth-order valence-electron chi connectivity index (χ4n) is 3.53. The van der Waals surface area contributed by atoms with Gasteiger partial charge in [-0.3, -0.25) is 4.79 Å². The average molecular weight is 433 g/mol. The highest BCUT2D eigenvalue weighted by Crippen LogP contribution is 2.27. The first kappa shape index (κ1) is 22.1. The molecule has 2 aromatic carbocycles. The summed E-state index contributed by atoms with van der Waals surface area (Å²) < 4.78 is 38.0. The summed E-state index contributed by atoms with van der Waals surface area (Å²) in [5, 5.41) is 2.91. The SMILES string of the molecule is COc1ccc([C@H](C)NC(=O)c2cc(S(=O)(=O)N3CCCCC3)ccc2OC)cc1. The molecule has 0 bridgehead atoms. The quantitative estimate of drug-likeness (QED) is 0.725. The highest BCUT2D eigenvalue weighted by Gasteiger charge is 2.28. The number of ether oxygens (including phenoxy) is 2. The van der Waals surface area contributed by atoms with E-state index < -0.39 is 15.9 Å². The van der Waals surface area contributed by atoms with Gasteiger partial charge in [-0.2, -0.15) is 4.31 Å². The summed E-state index contributed by atoms with van der Waals surface area (Å²) in [7, 11) is -0.597. The second-order valence-corrected chi connectivity index (χ2v) is 9.23. The Labute approximate surface area is 178 Å². The zero-order chi connectivity index (χ0) is 21.7. The predicted octanol–water partition coefficient (Wildman–Crippen LogP) is 3.37. The number of piperidine rings is 1. The van der Waals surface area contributed by atoms with Gasteiger partial charge in [0.2, 0.25) is 10.0 Å². The Kier molecular flexibility index (Phi) is 6.99. The summed E-state index contributed by atoms with van der Waals surface area (Å²) in [6.07, 6.45) is 2.73. The molecule has 1 amide bonds. The third-order valence-electron chi connectivity index (χ3n) is 5.33. The van der Waals surface area contributed by atoms with Gasteiger partial charge >= 0.3 is 0 Å². The number of nitrogens with one attached hydrogen (secondary N) is 1. The zero-order valence-electron chi connectivity index (χ0n) is 17.6. The van der Waals surface area contributed by atoms with E-state index in [0.29, 0.717) is 18.8 Å². The molecule has 1 saturated heterocycles. The first-order valence-electron chi connectivity index (χ1n) is 10.00. The minimum Gasteiger partial charge on any atom is -0.497 e. The van der Waals surface area contributed by atoms with Gasteiger partial charge in [-0.05, 0) is 55.7 Å². The standard InChI is InChI=1S/C22H28N2O5S/c1-16(17-7-9-18(28-2)10-8-17)23-22(25)20-15-19(11-12-21(20)29-3)30(26,27)24-13-5-4-6-14-24/h7-12,15-16H,4-6,13-14H2,1-3H3,(H,23,25)/t16-/m0/s1. The van der Waals surface area contributed by atoms with Crippen LogP contribution in [0.25, 0.3) is 0 Å². The third kappa shape index (κ3) is 4.76. The van der Waals surface area contributed by atoms with Gasteiger partial charge in [0.25, 0.3) is 5.91 Å². The molecule has 2 aromatic rings. The molecule has 0 unspecified atom stereocenters. The van der Waals surface area contributed by atoms with Crippen molar-refractivity contribution in [2.75, 3.05) is 27.3 Å². The monoisotopic (exact) mass is 432 g/mol. The maximum atomic E-state index is 13.0. The molecule has 1 atom stereocenters. The van der Waals surface area contributed by atoms with Crippen molar-refractivity contribution in [3.05, 3.63) is 53.6 Å². The summed E-state index contributed by atoms with van der Waals surface area (Å²) in [6.45, 7) is 2.87. The summed E-state index contributed by atoms with van der Waals surface area (Å²) in [4.78, 5) is 13.1. The summed E-state index contributed by atoms with van der Waals surface area (Å²) in [5.41, 5.74) is 1.09. The molecule has 1 aliphatic heterocycles. The molecule has 0 aromatic heterocycles. The number of benzene rings is 2. The van der Waals surface area contributed by atoms with E-state index in [-0.39, 0.29) is 16.5 Å². The van der Waals surface area contributed by atoms with E-state index in [1.165, 1.54) is 29.6 Å². The Balaban J connectivity index is 1.84. The van der Waals surface area contributed by atoms with Crippen molar-refractivity contribution in [2.45, 2.75) is 37.1 Å². The van der Waals surface area contributed by atoms with E-state index in [1.807, 2.05) is 31.2 Å². The molecule has 1 N–H and O–H groups in total. The van der Waals surface area contributed by atoms with Gasteiger partial charge in [-0.15, -0.1) is 0 Å². The average Bonchev–Trinajstić information content (AvgIpc) is 2.79.